The first-order valence-corrected chi connectivity index (χ1v) is 6.82. The van der Waals surface area contributed by atoms with Crippen LogP contribution in [-0.2, 0) is 6.54 Å². The van der Waals surface area contributed by atoms with Gasteiger partial charge in [-0.3, -0.25) is 14.3 Å². The largest absolute Gasteiger partial charge is 0.475 e. The van der Waals surface area contributed by atoms with Crippen molar-refractivity contribution >= 4 is 27.5 Å². The standard InChI is InChI=1S/C13H10N2O5S/c1-6-4-8-10(21-6)14-13(19)15(11(8)16)5-7-2-3-9(20-7)12(17)18/h2-4H,5H2,1H3,(H,14,19)(H,17,18). The van der Waals surface area contributed by atoms with Crippen LogP contribution in [0.25, 0.3) is 10.2 Å². The topological polar surface area (TPSA) is 105 Å². The number of aryl methyl sites for hydroxylation is 1. The third-order valence-electron chi connectivity index (χ3n) is 2.98. The molecule has 21 heavy (non-hydrogen) atoms. The van der Waals surface area contributed by atoms with Crippen molar-refractivity contribution in [2.75, 3.05) is 0 Å². The molecule has 0 fully saturated rings. The van der Waals surface area contributed by atoms with Crippen LogP contribution in [0.4, 0.5) is 0 Å². The Balaban J connectivity index is 2.09. The van der Waals surface area contributed by atoms with E-state index in [4.69, 9.17) is 9.52 Å². The molecule has 3 rings (SSSR count). The van der Waals surface area contributed by atoms with Crippen molar-refractivity contribution in [2.45, 2.75) is 13.5 Å². The molecule has 0 atom stereocenters. The molecule has 0 aliphatic heterocycles. The number of fused-ring (bicyclic) bond motifs is 1. The van der Waals surface area contributed by atoms with Gasteiger partial charge in [0.2, 0.25) is 5.76 Å². The summed E-state index contributed by atoms with van der Waals surface area (Å²) in [7, 11) is 0. The molecule has 0 unspecified atom stereocenters. The Kier molecular flexibility index (Phi) is 3.02. The maximum atomic E-state index is 12.3. The van der Waals surface area contributed by atoms with Gasteiger partial charge in [0.05, 0.1) is 11.9 Å². The summed E-state index contributed by atoms with van der Waals surface area (Å²) in [6.45, 7) is 1.73. The summed E-state index contributed by atoms with van der Waals surface area (Å²) in [6.07, 6.45) is 0. The molecule has 3 aromatic heterocycles. The monoisotopic (exact) mass is 306 g/mol. The summed E-state index contributed by atoms with van der Waals surface area (Å²) in [5.74, 6) is -1.21. The zero-order valence-electron chi connectivity index (χ0n) is 10.9. The summed E-state index contributed by atoms with van der Waals surface area (Å²) < 4.78 is 6.05. The lowest BCUT2D eigenvalue weighted by molar-refractivity contribution is 0.0660. The van der Waals surface area contributed by atoms with Crippen LogP contribution in [0.5, 0.6) is 0 Å². The number of aromatic carboxylic acids is 1. The number of aromatic amines is 1. The Morgan fingerprint density at radius 3 is 2.86 bits per heavy atom. The molecule has 0 amide bonds. The summed E-state index contributed by atoms with van der Waals surface area (Å²) in [4.78, 5) is 39.1. The Bertz CT molecular complexity index is 959. The molecule has 3 heterocycles. The highest BCUT2D eigenvalue weighted by Gasteiger charge is 2.14. The van der Waals surface area contributed by atoms with Crippen LogP contribution < -0.4 is 11.2 Å². The van der Waals surface area contributed by atoms with Gasteiger partial charge in [-0.05, 0) is 25.1 Å². The number of carboxylic acids is 1. The van der Waals surface area contributed by atoms with Crippen molar-refractivity contribution in [3.63, 3.8) is 0 Å². The van der Waals surface area contributed by atoms with Crippen molar-refractivity contribution in [3.8, 4) is 0 Å². The summed E-state index contributed by atoms with van der Waals surface area (Å²) in [5.41, 5.74) is -0.978. The van der Waals surface area contributed by atoms with Crippen LogP contribution in [0.3, 0.4) is 0 Å². The van der Waals surface area contributed by atoms with E-state index in [1.54, 1.807) is 6.07 Å². The Labute approximate surface area is 121 Å². The zero-order chi connectivity index (χ0) is 15.1. The van der Waals surface area contributed by atoms with Gasteiger partial charge in [0.25, 0.3) is 5.56 Å². The lowest BCUT2D eigenvalue weighted by Gasteiger charge is -2.02. The quantitative estimate of drug-likeness (QED) is 0.761. The van der Waals surface area contributed by atoms with Crippen LogP contribution in [0.15, 0.2) is 32.2 Å². The number of hydrogen-bond acceptors (Lipinski definition) is 5. The second kappa shape index (κ2) is 4.74. The van der Waals surface area contributed by atoms with E-state index in [0.717, 1.165) is 9.44 Å². The van der Waals surface area contributed by atoms with E-state index in [0.29, 0.717) is 10.2 Å². The fraction of sp³-hybridized carbons (Fsp3) is 0.154. The average Bonchev–Trinajstić information content (AvgIpc) is 3.01. The van der Waals surface area contributed by atoms with Crippen LogP contribution in [0.1, 0.15) is 21.2 Å². The molecule has 2 N–H and O–H groups in total. The first kappa shape index (κ1) is 13.4. The fourth-order valence-electron chi connectivity index (χ4n) is 2.05. The molecule has 0 saturated carbocycles. The minimum atomic E-state index is -1.20. The van der Waals surface area contributed by atoms with E-state index >= 15 is 0 Å². The van der Waals surface area contributed by atoms with E-state index in [1.165, 1.54) is 23.5 Å². The van der Waals surface area contributed by atoms with Gasteiger partial charge < -0.3 is 9.52 Å². The van der Waals surface area contributed by atoms with Gasteiger partial charge in [-0.2, -0.15) is 0 Å². The molecule has 0 aliphatic rings. The van der Waals surface area contributed by atoms with Crippen molar-refractivity contribution in [1.82, 2.24) is 9.55 Å². The van der Waals surface area contributed by atoms with Crippen LogP contribution in [0.2, 0.25) is 0 Å². The molecular weight excluding hydrogens is 296 g/mol. The van der Waals surface area contributed by atoms with Gasteiger partial charge in [0.1, 0.15) is 10.6 Å². The third kappa shape index (κ3) is 2.29. The van der Waals surface area contributed by atoms with E-state index in [-0.39, 0.29) is 18.1 Å². The Morgan fingerprint density at radius 1 is 1.43 bits per heavy atom. The molecule has 3 aromatic rings. The molecule has 0 spiro atoms. The minimum Gasteiger partial charge on any atom is -0.475 e. The maximum absolute atomic E-state index is 12.3. The summed E-state index contributed by atoms with van der Waals surface area (Å²) >= 11 is 1.33. The van der Waals surface area contributed by atoms with Crippen molar-refractivity contribution in [3.05, 3.63) is 55.4 Å². The molecule has 108 valence electrons. The van der Waals surface area contributed by atoms with E-state index in [9.17, 15) is 14.4 Å². The lowest BCUT2D eigenvalue weighted by Crippen LogP contribution is -2.34. The Hall–Kier alpha value is -2.61. The molecule has 0 radical (unpaired) electrons. The average molecular weight is 306 g/mol. The number of hydrogen-bond donors (Lipinski definition) is 2. The van der Waals surface area contributed by atoms with Crippen molar-refractivity contribution < 1.29 is 14.3 Å². The lowest BCUT2D eigenvalue weighted by atomic mass is 10.3. The molecule has 7 nitrogen and oxygen atoms in total. The highest BCUT2D eigenvalue weighted by Crippen LogP contribution is 2.18. The van der Waals surface area contributed by atoms with Gasteiger partial charge in [-0.1, -0.05) is 0 Å². The number of thiophene rings is 1. The number of aromatic nitrogens is 2. The van der Waals surface area contributed by atoms with Gasteiger partial charge >= 0.3 is 11.7 Å². The van der Waals surface area contributed by atoms with Crippen LogP contribution >= 0.6 is 11.3 Å². The number of carbonyl (C=O) groups is 1. The number of nitrogens with one attached hydrogen (secondary N) is 1. The van der Waals surface area contributed by atoms with Gasteiger partial charge in [0.15, 0.2) is 0 Å². The zero-order valence-corrected chi connectivity index (χ0v) is 11.7. The highest BCUT2D eigenvalue weighted by molar-refractivity contribution is 7.18. The maximum Gasteiger partial charge on any atom is 0.371 e. The molecule has 8 heteroatoms. The normalized spacial score (nSPS) is 11.1. The molecule has 0 bridgehead atoms. The second-order valence-electron chi connectivity index (χ2n) is 4.49. The third-order valence-corrected chi connectivity index (χ3v) is 3.95. The SMILES string of the molecule is Cc1cc2c(=O)n(Cc3ccc(C(=O)O)o3)c(=O)[nH]c2s1. The van der Waals surface area contributed by atoms with Crippen LogP contribution in [0, 0.1) is 6.92 Å². The predicted octanol–water partition coefficient (Wildman–Crippen LogP) is 1.40. The number of carboxylic acid groups (broad SMARTS) is 1. The van der Waals surface area contributed by atoms with Gasteiger partial charge in [0, 0.05) is 4.88 Å². The van der Waals surface area contributed by atoms with E-state index < -0.39 is 17.2 Å². The second-order valence-corrected chi connectivity index (χ2v) is 5.75. The number of furan rings is 1. The summed E-state index contributed by atoms with van der Waals surface area (Å²) in [6, 6.07) is 4.42. The van der Waals surface area contributed by atoms with E-state index in [2.05, 4.69) is 4.98 Å². The number of rotatable bonds is 3. The summed E-state index contributed by atoms with van der Waals surface area (Å²) in [5, 5.41) is 9.22. The predicted molar refractivity (Wildman–Crippen MR) is 76.2 cm³/mol. The minimum absolute atomic E-state index is 0.119. The molecule has 0 aliphatic carbocycles. The first-order valence-electron chi connectivity index (χ1n) is 6.01. The van der Waals surface area contributed by atoms with Crippen LogP contribution in [-0.4, -0.2) is 20.6 Å². The Morgan fingerprint density at radius 2 is 2.19 bits per heavy atom. The fourth-order valence-corrected chi connectivity index (χ4v) is 2.94. The highest BCUT2D eigenvalue weighted by atomic mass is 32.1. The number of nitrogens with zero attached hydrogens (tertiary/aromatic N) is 1. The molecular formula is C13H10N2O5S. The molecule has 0 aromatic carbocycles. The van der Waals surface area contributed by atoms with Crippen molar-refractivity contribution in [2.24, 2.45) is 0 Å². The van der Waals surface area contributed by atoms with Gasteiger partial charge in [-0.15, -0.1) is 11.3 Å². The number of H-pyrrole nitrogens is 1. The van der Waals surface area contributed by atoms with Crippen molar-refractivity contribution in [1.29, 1.82) is 0 Å². The van der Waals surface area contributed by atoms with Gasteiger partial charge in [-0.25, -0.2) is 9.59 Å². The molecule has 0 saturated heterocycles. The van der Waals surface area contributed by atoms with E-state index in [1.807, 2.05) is 6.92 Å². The first-order chi connectivity index (χ1) is 9.95. The smallest absolute Gasteiger partial charge is 0.371 e.